The van der Waals surface area contributed by atoms with Crippen molar-refractivity contribution in [1.29, 1.82) is 0 Å². The predicted molar refractivity (Wildman–Crippen MR) is 96.4 cm³/mol. The first-order chi connectivity index (χ1) is 13.4. The molecular formula is C20H19F2NO5. The molecule has 0 fully saturated rings. The number of hydrogen-bond donors (Lipinski definition) is 1. The first-order valence-electron chi connectivity index (χ1n) is 8.29. The van der Waals surface area contributed by atoms with E-state index in [9.17, 15) is 23.5 Å². The van der Waals surface area contributed by atoms with Gasteiger partial charge in [0.1, 0.15) is 24.0 Å². The number of esters is 1. The third-order valence-corrected chi connectivity index (χ3v) is 3.70. The summed E-state index contributed by atoms with van der Waals surface area (Å²) in [5.74, 6) is -2.93. The molecule has 2 aromatic rings. The Morgan fingerprint density at radius 2 is 1.61 bits per heavy atom. The van der Waals surface area contributed by atoms with E-state index in [1.807, 2.05) is 0 Å². The summed E-state index contributed by atoms with van der Waals surface area (Å²) in [5.41, 5.74) is 0.641. The van der Waals surface area contributed by atoms with Gasteiger partial charge >= 0.3 is 5.97 Å². The van der Waals surface area contributed by atoms with Crippen LogP contribution < -0.4 is 4.74 Å². The summed E-state index contributed by atoms with van der Waals surface area (Å²) in [5, 5.41) is 9.59. The summed E-state index contributed by atoms with van der Waals surface area (Å²) in [6, 6.07) is 10.9. The van der Waals surface area contributed by atoms with Gasteiger partial charge in [-0.3, -0.25) is 4.79 Å². The molecule has 0 saturated carbocycles. The van der Waals surface area contributed by atoms with Crippen LogP contribution in [0.5, 0.6) is 5.75 Å². The molecule has 0 unspecified atom stereocenters. The number of ether oxygens (including phenoxy) is 2. The van der Waals surface area contributed by atoms with Crippen LogP contribution in [-0.4, -0.2) is 42.1 Å². The molecule has 148 valence electrons. The number of halogens is 2. The highest BCUT2D eigenvalue weighted by Gasteiger charge is 2.16. The van der Waals surface area contributed by atoms with Crippen LogP contribution in [-0.2, 0) is 20.9 Å². The zero-order valence-electron chi connectivity index (χ0n) is 15.1. The molecule has 0 aliphatic heterocycles. The van der Waals surface area contributed by atoms with Crippen LogP contribution in [0.3, 0.4) is 0 Å². The quantitative estimate of drug-likeness (QED) is 0.425. The number of benzene rings is 2. The molecule has 0 spiro atoms. The minimum absolute atomic E-state index is 0.0748. The summed E-state index contributed by atoms with van der Waals surface area (Å²) in [6.07, 6.45) is 0.743. The number of rotatable bonds is 8. The Labute approximate surface area is 160 Å². The fourth-order valence-electron chi connectivity index (χ4n) is 2.25. The second kappa shape index (κ2) is 10.1. The highest BCUT2D eigenvalue weighted by molar-refractivity contribution is 5.96. The molecule has 6 nitrogen and oxygen atoms in total. The third-order valence-electron chi connectivity index (χ3n) is 3.70. The normalized spacial score (nSPS) is 11.0. The summed E-state index contributed by atoms with van der Waals surface area (Å²) >= 11 is 0. The van der Waals surface area contributed by atoms with Crippen LogP contribution in [0.15, 0.2) is 60.4 Å². The van der Waals surface area contributed by atoms with Gasteiger partial charge < -0.3 is 19.5 Å². The van der Waals surface area contributed by atoms with Crippen LogP contribution in [0, 0.1) is 11.6 Å². The number of nitrogens with zero attached hydrogens (tertiary/aromatic N) is 1. The standard InChI is InChI=1S/C20H19F2NO5/c1-27-20(26)18(24)12-19(25)23(13-14-2-4-15(21)5-3-14)10-11-28-17-8-6-16(22)7-9-17/h2-9,12,24H,10-11,13H2,1H3/b18-12-. The average Bonchev–Trinajstić information content (AvgIpc) is 2.69. The van der Waals surface area contributed by atoms with E-state index in [-0.39, 0.29) is 19.7 Å². The van der Waals surface area contributed by atoms with Gasteiger partial charge in [0.15, 0.2) is 0 Å². The Morgan fingerprint density at radius 3 is 2.18 bits per heavy atom. The molecule has 0 bridgehead atoms. The van der Waals surface area contributed by atoms with Crippen LogP contribution in [0.25, 0.3) is 0 Å². The van der Waals surface area contributed by atoms with E-state index in [2.05, 4.69) is 4.74 Å². The Morgan fingerprint density at radius 1 is 1.04 bits per heavy atom. The minimum Gasteiger partial charge on any atom is -0.502 e. The molecule has 2 aromatic carbocycles. The average molecular weight is 391 g/mol. The molecule has 2 rings (SSSR count). The molecule has 8 heteroatoms. The number of methoxy groups -OCH3 is 1. The van der Waals surface area contributed by atoms with Crippen molar-refractivity contribution < 1.29 is 33.0 Å². The Kier molecular flexibility index (Phi) is 7.50. The molecule has 0 aliphatic carbocycles. The van der Waals surface area contributed by atoms with Crippen molar-refractivity contribution in [3.63, 3.8) is 0 Å². The molecule has 1 N–H and O–H groups in total. The summed E-state index contributed by atoms with van der Waals surface area (Å²) < 4.78 is 35.8. The number of amides is 1. The van der Waals surface area contributed by atoms with Crippen LogP contribution in [0.4, 0.5) is 8.78 Å². The Hall–Kier alpha value is -3.42. The minimum atomic E-state index is -1.04. The molecule has 0 radical (unpaired) electrons. The van der Waals surface area contributed by atoms with Crippen molar-refractivity contribution in [2.45, 2.75) is 6.54 Å². The van der Waals surface area contributed by atoms with E-state index in [1.54, 1.807) is 0 Å². The van der Waals surface area contributed by atoms with E-state index >= 15 is 0 Å². The molecule has 0 aliphatic rings. The highest BCUT2D eigenvalue weighted by Crippen LogP contribution is 2.12. The van der Waals surface area contributed by atoms with Gasteiger partial charge in [-0.2, -0.15) is 0 Å². The maximum atomic E-state index is 13.1. The maximum absolute atomic E-state index is 13.1. The lowest BCUT2D eigenvalue weighted by molar-refractivity contribution is -0.139. The summed E-state index contributed by atoms with van der Waals surface area (Å²) in [6.45, 7) is 0.265. The number of carbonyl (C=O) groups is 2. The van der Waals surface area contributed by atoms with Crippen molar-refractivity contribution in [2.75, 3.05) is 20.3 Å². The molecule has 0 aromatic heterocycles. The van der Waals surface area contributed by atoms with E-state index < -0.39 is 29.3 Å². The summed E-state index contributed by atoms with van der Waals surface area (Å²) in [4.78, 5) is 25.0. The molecular weight excluding hydrogens is 372 g/mol. The van der Waals surface area contributed by atoms with E-state index in [1.165, 1.54) is 53.4 Å². The molecule has 1 amide bonds. The third kappa shape index (κ3) is 6.39. The number of carbonyl (C=O) groups excluding carboxylic acids is 2. The smallest absolute Gasteiger partial charge is 0.373 e. The lowest BCUT2D eigenvalue weighted by Gasteiger charge is -2.21. The zero-order chi connectivity index (χ0) is 20.5. The lowest BCUT2D eigenvalue weighted by atomic mass is 10.2. The molecule has 0 saturated heterocycles. The lowest BCUT2D eigenvalue weighted by Crippen LogP contribution is -2.33. The van der Waals surface area contributed by atoms with Crippen LogP contribution in [0.1, 0.15) is 5.56 Å². The van der Waals surface area contributed by atoms with Crippen molar-refractivity contribution >= 4 is 11.9 Å². The SMILES string of the molecule is COC(=O)/C(O)=C/C(=O)N(CCOc1ccc(F)cc1)Cc1ccc(F)cc1. The van der Waals surface area contributed by atoms with Gasteiger partial charge in [-0.25, -0.2) is 13.6 Å². The largest absolute Gasteiger partial charge is 0.502 e. The van der Waals surface area contributed by atoms with Gasteiger partial charge in [0, 0.05) is 6.54 Å². The maximum Gasteiger partial charge on any atom is 0.373 e. The molecule has 28 heavy (non-hydrogen) atoms. The van der Waals surface area contributed by atoms with Crippen molar-refractivity contribution in [3.05, 3.63) is 77.6 Å². The van der Waals surface area contributed by atoms with Crippen molar-refractivity contribution in [2.24, 2.45) is 0 Å². The second-order valence-corrected chi connectivity index (χ2v) is 5.71. The van der Waals surface area contributed by atoms with Gasteiger partial charge in [0.25, 0.3) is 5.91 Å². The predicted octanol–water partition coefficient (Wildman–Crippen LogP) is 2.99. The summed E-state index contributed by atoms with van der Waals surface area (Å²) in [7, 11) is 1.07. The topological polar surface area (TPSA) is 76.1 Å². The van der Waals surface area contributed by atoms with Crippen molar-refractivity contribution in [3.8, 4) is 5.75 Å². The first kappa shape index (κ1) is 20.9. The van der Waals surface area contributed by atoms with Gasteiger partial charge in [0.05, 0.1) is 19.7 Å². The van der Waals surface area contributed by atoms with Gasteiger partial charge in [-0.15, -0.1) is 0 Å². The first-order valence-corrected chi connectivity index (χ1v) is 8.29. The fourth-order valence-corrected chi connectivity index (χ4v) is 2.25. The molecule has 0 heterocycles. The van der Waals surface area contributed by atoms with Crippen LogP contribution >= 0.6 is 0 Å². The zero-order valence-corrected chi connectivity index (χ0v) is 15.1. The highest BCUT2D eigenvalue weighted by atomic mass is 19.1. The fraction of sp³-hybridized carbons (Fsp3) is 0.200. The number of aliphatic hydroxyl groups is 1. The van der Waals surface area contributed by atoms with Crippen LogP contribution in [0.2, 0.25) is 0 Å². The van der Waals surface area contributed by atoms with Gasteiger partial charge in [0.2, 0.25) is 5.76 Å². The van der Waals surface area contributed by atoms with E-state index in [4.69, 9.17) is 4.74 Å². The second-order valence-electron chi connectivity index (χ2n) is 5.71. The van der Waals surface area contributed by atoms with E-state index in [0.717, 1.165) is 13.2 Å². The van der Waals surface area contributed by atoms with Gasteiger partial charge in [-0.05, 0) is 42.0 Å². The van der Waals surface area contributed by atoms with Gasteiger partial charge in [-0.1, -0.05) is 12.1 Å². The van der Waals surface area contributed by atoms with Crippen molar-refractivity contribution in [1.82, 2.24) is 4.90 Å². The Bertz CT molecular complexity index is 835. The number of aliphatic hydroxyl groups excluding tert-OH is 1. The Balaban J connectivity index is 2.08. The molecule has 0 atom stereocenters. The monoisotopic (exact) mass is 391 g/mol. The van der Waals surface area contributed by atoms with E-state index in [0.29, 0.717) is 11.3 Å². The number of hydrogen-bond acceptors (Lipinski definition) is 5.